The lowest BCUT2D eigenvalue weighted by Crippen LogP contribution is -2.30. The van der Waals surface area contributed by atoms with Gasteiger partial charge in [-0.25, -0.2) is 0 Å². The summed E-state index contributed by atoms with van der Waals surface area (Å²) in [7, 11) is 0. The van der Waals surface area contributed by atoms with E-state index < -0.39 is 0 Å². The molecule has 0 amide bonds. The lowest BCUT2D eigenvalue weighted by molar-refractivity contribution is 0.609. The highest BCUT2D eigenvalue weighted by Gasteiger charge is 2.19. The van der Waals surface area contributed by atoms with E-state index in [1.807, 2.05) is 36.0 Å². The molecule has 1 atom stereocenters. The minimum absolute atomic E-state index is 0.147. The van der Waals surface area contributed by atoms with E-state index >= 15 is 0 Å². The first-order chi connectivity index (χ1) is 8.31. The van der Waals surface area contributed by atoms with Crippen LogP contribution in [0.3, 0.4) is 0 Å². The Morgan fingerprint density at radius 3 is 2.71 bits per heavy atom. The molecule has 94 valence electrons. The number of hydrazine groups is 1. The van der Waals surface area contributed by atoms with Gasteiger partial charge in [0.05, 0.1) is 6.04 Å². The van der Waals surface area contributed by atoms with Crippen molar-refractivity contribution in [3.63, 3.8) is 0 Å². The predicted molar refractivity (Wildman–Crippen MR) is 76.2 cm³/mol. The normalized spacial score (nSPS) is 18.5. The molecule has 0 spiro atoms. The molecule has 1 aliphatic rings. The van der Waals surface area contributed by atoms with Gasteiger partial charge in [-0.3, -0.25) is 11.3 Å². The number of hydrogen-bond acceptors (Lipinski definition) is 3. The van der Waals surface area contributed by atoms with E-state index in [1.54, 1.807) is 0 Å². The van der Waals surface area contributed by atoms with Crippen molar-refractivity contribution in [3.8, 4) is 0 Å². The second-order valence-electron chi connectivity index (χ2n) is 4.48. The van der Waals surface area contributed by atoms with Gasteiger partial charge in [-0.1, -0.05) is 42.6 Å². The van der Waals surface area contributed by atoms with Crippen LogP contribution in [0.5, 0.6) is 0 Å². The van der Waals surface area contributed by atoms with Gasteiger partial charge in [0.25, 0.3) is 0 Å². The quantitative estimate of drug-likeness (QED) is 0.635. The van der Waals surface area contributed by atoms with Crippen LogP contribution in [0.25, 0.3) is 0 Å². The molecule has 0 bridgehead atoms. The van der Waals surface area contributed by atoms with Crippen LogP contribution in [-0.2, 0) is 0 Å². The van der Waals surface area contributed by atoms with Crippen molar-refractivity contribution in [3.05, 3.63) is 34.9 Å². The number of thioether (sulfide) groups is 1. The van der Waals surface area contributed by atoms with E-state index in [1.165, 1.54) is 25.7 Å². The van der Waals surface area contributed by atoms with Gasteiger partial charge in [0.15, 0.2) is 0 Å². The fraction of sp³-hybridized carbons (Fsp3) is 0.538. The van der Waals surface area contributed by atoms with Crippen molar-refractivity contribution in [1.82, 2.24) is 5.43 Å². The average Bonchev–Trinajstić information content (AvgIpc) is 2.85. The highest BCUT2D eigenvalue weighted by molar-refractivity contribution is 7.99. The summed E-state index contributed by atoms with van der Waals surface area (Å²) < 4.78 is 0. The Morgan fingerprint density at radius 2 is 2.06 bits per heavy atom. The summed E-state index contributed by atoms with van der Waals surface area (Å²) in [5.41, 5.74) is 3.98. The van der Waals surface area contributed by atoms with Crippen LogP contribution >= 0.6 is 23.4 Å². The highest BCUT2D eigenvalue weighted by atomic mass is 35.5. The van der Waals surface area contributed by atoms with Crippen LogP contribution in [0.15, 0.2) is 24.3 Å². The number of nitrogens with two attached hydrogens (primary N) is 1. The summed E-state index contributed by atoms with van der Waals surface area (Å²) in [6.45, 7) is 0. The van der Waals surface area contributed by atoms with Gasteiger partial charge in [0.1, 0.15) is 0 Å². The molecular formula is C13H19ClN2S. The van der Waals surface area contributed by atoms with E-state index in [4.69, 9.17) is 17.4 Å². The van der Waals surface area contributed by atoms with Crippen LogP contribution in [0.4, 0.5) is 0 Å². The fourth-order valence-electron chi connectivity index (χ4n) is 2.27. The van der Waals surface area contributed by atoms with Crippen molar-refractivity contribution in [2.45, 2.75) is 37.0 Å². The molecule has 0 aliphatic heterocycles. The molecular weight excluding hydrogens is 252 g/mol. The van der Waals surface area contributed by atoms with E-state index in [9.17, 15) is 0 Å². The van der Waals surface area contributed by atoms with E-state index in [0.29, 0.717) is 0 Å². The zero-order valence-electron chi connectivity index (χ0n) is 9.86. The van der Waals surface area contributed by atoms with Gasteiger partial charge in [-0.05, 0) is 24.5 Å². The lowest BCUT2D eigenvalue weighted by Gasteiger charge is -2.19. The number of hydrogen-bond donors (Lipinski definition) is 2. The molecule has 1 aromatic rings. The zero-order chi connectivity index (χ0) is 12.1. The van der Waals surface area contributed by atoms with Crippen LogP contribution in [0, 0.1) is 0 Å². The number of nitrogens with one attached hydrogen (secondary N) is 1. The molecule has 1 aliphatic carbocycles. The Kier molecular flexibility index (Phi) is 5.16. The smallest absolute Gasteiger partial charge is 0.0565 e. The third-order valence-corrected chi connectivity index (χ3v) is 5.10. The SMILES string of the molecule is NNC(CSC1CCCC1)c1ccccc1Cl. The van der Waals surface area contributed by atoms with Crippen LogP contribution < -0.4 is 11.3 Å². The van der Waals surface area contributed by atoms with Gasteiger partial charge in [0, 0.05) is 16.0 Å². The first-order valence-corrected chi connectivity index (χ1v) is 7.56. The van der Waals surface area contributed by atoms with Crippen molar-refractivity contribution in [2.75, 3.05) is 5.75 Å². The summed E-state index contributed by atoms with van der Waals surface area (Å²) >= 11 is 8.21. The number of benzene rings is 1. The Balaban J connectivity index is 1.94. The summed E-state index contributed by atoms with van der Waals surface area (Å²) in [5, 5.41) is 1.61. The van der Waals surface area contributed by atoms with Crippen molar-refractivity contribution >= 4 is 23.4 Å². The molecule has 17 heavy (non-hydrogen) atoms. The van der Waals surface area contributed by atoms with Gasteiger partial charge in [-0.15, -0.1) is 0 Å². The second-order valence-corrected chi connectivity index (χ2v) is 6.22. The molecule has 1 aromatic carbocycles. The minimum Gasteiger partial charge on any atom is -0.271 e. The number of rotatable bonds is 5. The Morgan fingerprint density at radius 1 is 1.35 bits per heavy atom. The molecule has 4 heteroatoms. The molecule has 1 saturated carbocycles. The van der Waals surface area contributed by atoms with Gasteiger partial charge >= 0.3 is 0 Å². The average molecular weight is 271 g/mol. The predicted octanol–water partition coefficient (Wildman–Crippen LogP) is 3.52. The van der Waals surface area contributed by atoms with Crippen LogP contribution in [0.1, 0.15) is 37.3 Å². The van der Waals surface area contributed by atoms with Crippen molar-refractivity contribution < 1.29 is 0 Å². The van der Waals surface area contributed by atoms with Crippen molar-refractivity contribution in [2.24, 2.45) is 5.84 Å². The standard InChI is InChI=1S/C13H19ClN2S/c14-12-8-4-3-7-11(12)13(16-15)9-17-10-5-1-2-6-10/h3-4,7-8,10,13,16H,1-2,5-6,9,15H2. The topological polar surface area (TPSA) is 38.0 Å². The second kappa shape index (κ2) is 6.64. The Hall–Kier alpha value is -0.220. The van der Waals surface area contributed by atoms with Crippen LogP contribution in [-0.4, -0.2) is 11.0 Å². The highest BCUT2D eigenvalue weighted by Crippen LogP contribution is 2.33. The molecule has 0 aromatic heterocycles. The van der Waals surface area contributed by atoms with Crippen LogP contribution in [0.2, 0.25) is 5.02 Å². The molecule has 3 N–H and O–H groups in total. The maximum absolute atomic E-state index is 6.19. The fourth-order valence-corrected chi connectivity index (χ4v) is 3.95. The molecule has 1 fully saturated rings. The van der Waals surface area contributed by atoms with Gasteiger partial charge < -0.3 is 0 Å². The molecule has 0 heterocycles. The van der Waals surface area contributed by atoms with Crippen molar-refractivity contribution in [1.29, 1.82) is 0 Å². The molecule has 2 nitrogen and oxygen atoms in total. The Bertz CT molecular complexity index is 353. The first kappa shape index (κ1) is 13.2. The van der Waals surface area contributed by atoms with E-state index in [0.717, 1.165) is 21.6 Å². The summed E-state index contributed by atoms with van der Waals surface area (Å²) in [6, 6.07) is 8.06. The van der Waals surface area contributed by atoms with E-state index in [-0.39, 0.29) is 6.04 Å². The molecule has 1 unspecified atom stereocenters. The Labute approximate surface area is 112 Å². The lowest BCUT2D eigenvalue weighted by atomic mass is 10.1. The first-order valence-electron chi connectivity index (χ1n) is 6.13. The summed E-state index contributed by atoms with van der Waals surface area (Å²) in [6.07, 6.45) is 5.46. The maximum Gasteiger partial charge on any atom is 0.0565 e. The zero-order valence-corrected chi connectivity index (χ0v) is 11.4. The third-order valence-electron chi connectivity index (χ3n) is 3.28. The summed E-state index contributed by atoms with van der Waals surface area (Å²) in [5.74, 6) is 6.63. The maximum atomic E-state index is 6.19. The largest absolute Gasteiger partial charge is 0.271 e. The number of halogens is 1. The molecule has 0 radical (unpaired) electrons. The third kappa shape index (κ3) is 3.62. The van der Waals surface area contributed by atoms with Gasteiger partial charge in [0.2, 0.25) is 0 Å². The van der Waals surface area contributed by atoms with E-state index in [2.05, 4.69) is 5.43 Å². The minimum atomic E-state index is 0.147. The molecule has 0 saturated heterocycles. The molecule has 2 rings (SSSR count). The monoisotopic (exact) mass is 270 g/mol. The van der Waals surface area contributed by atoms with Gasteiger partial charge in [-0.2, -0.15) is 11.8 Å². The summed E-state index contributed by atoms with van der Waals surface area (Å²) in [4.78, 5) is 0.